The van der Waals surface area contributed by atoms with Crippen molar-refractivity contribution in [2.75, 3.05) is 39.3 Å². The lowest BCUT2D eigenvalue weighted by Crippen LogP contribution is -2.32. The van der Waals surface area contributed by atoms with Crippen LogP contribution in [-0.4, -0.2) is 45.4 Å². The van der Waals surface area contributed by atoms with Gasteiger partial charge in [-0.15, -0.1) is 11.3 Å². The van der Waals surface area contributed by atoms with Gasteiger partial charge in [-0.2, -0.15) is 0 Å². The maximum atomic E-state index is 5.27. The molecule has 1 aromatic rings. The van der Waals surface area contributed by atoms with Gasteiger partial charge in [0.05, 0.1) is 24.9 Å². The van der Waals surface area contributed by atoms with Crippen LogP contribution in [0.15, 0.2) is 0 Å². The molecule has 0 aliphatic carbocycles. The molecule has 0 bridgehead atoms. The van der Waals surface area contributed by atoms with Gasteiger partial charge < -0.3 is 19.7 Å². The summed E-state index contributed by atoms with van der Waals surface area (Å²) in [6, 6.07) is 0.299. The normalized spacial score (nSPS) is 12.9. The first-order chi connectivity index (χ1) is 9.99. The zero-order chi connectivity index (χ0) is 15.8. The average Bonchev–Trinajstić information content (AvgIpc) is 2.81. The number of rotatable bonds is 10. The zero-order valence-electron chi connectivity index (χ0n) is 14.1. The highest BCUT2D eigenvalue weighted by molar-refractivity contribution is 7.15. The summed E-state index contributed by atoms with van der Waals surface area (Å²) in [5.74, 6) is 0.646. The van der Waals surface area contributed by atoms with E-state index in [0.29, 0.717) is 25.2 Å². The molecule has 122 valence electrons. The number of methoxy groups -OCH3 is 2. The number of anilines is 1. The van der Waals surface area contributed by atoms with Crippen LogP contribution >= 0.6 is 11.3 Å². The minimum Gasteiger partial charge on any atom is -0.383 e. The lowest BCUT2D eigenvalue weighted by Gasteiger charge is -2.23. The third-order valence-electron chi connectivity index (χ3n) is 3.26. The summed E-state index contributed by atoms with van der Waals surface area (Å²) in [6.45, 7) is 9.66. The highest BCUT2D eigenvalue weighted by Crippen LogP contribution is 2.27. The number of aromatic nitrogens is 1. The van der Waals surface area contributed by atoms with Crippen LogP contribution in [0.1, 0.15) is 31.3 Å². The van der Waals surface area contributed by atoms with Crippen molar-refractivity contribution in [2.45, 2.75) is 40.0 Å². The monoisotopic (exact) mass is 315 g/mol. The van der Waals surface area contributed by atoms with Crippen molar-refractivity contribution in [1.82, 2.24) is 10.3 Å². The van der Waals surface area contributed by atoms with Crippen molar-refractivity contribution in [3.63, 3.8) is 0 Å². The molecule has 1 atom stereocenters. The largest absolute Gasteiger partial charge is 0.383 e. The van der Waals surface area contributed by atoms with Gasteiger partial charge in [-0.25, -0.2) is 4.98 Å². The predicted molar refractivity (Wildman–Crippen MR) is 89.1 cm³/mol. The molecular weight excluding hydrogens is 286 g/mol. The third-order valence-corrected chi connectivity index (χ3v) is 4.45. The Bertz CT molecular complexity index is 410. The quantitative estimate of drug-likeness (QED) is 0.719. The molecule has 1 rings (SSSR count). The molecule has 5 nitrogen and oxygen atoms in total. The second-order valence-electron chi connectivity index (χ2n) is 5.74. The fourth-order valence-corrected chi connectivity index (χ4v) is 3.02. The molecule has 0 aliphatic rings. The van der Waals surface area contributed by atoms with E-state index in [1.807, 2.05) is 0 Å². The second kappa shape index (κ2) is 9.35. The van der Waals surface area contributed by atoms with Gasteiger partial charge in [-0.3, -0.25) is 0 Å². The van der Waals surface area contributed by atoms with Crippen molar-refractivity contribution in [2.24, 2.45) is 5.92 Å². The second-order valence-corrected chi connectivity index (χ2v) is 6.80. The van der Waals surface area contributed by atoms with Gasteiger partial charge in [0.1, 0.15) is 0 Å². The Labute approximate surface area is 132 Å². The Morgan fingerprint density at radius 2 is 1.95 bits per heavy atom. The molecule has 1 N–H and O–H groups in total. The van der Waals surface area contributed by atoms with Crippen LogP contribution < -0.4 is 10.2 Å². The Morgan fingerprint density at radius 1 is 1.24 bits per heavy atom. The van der Waals surface area contributed by atoms with Crippen molar-refractivity contribution in [3.05, 3.63) is 10.6 Å². The van der Waals surface area contributed by atoms with Gasteiger partial charge >= 0.3 is 0 Å². The highest BCUT2D eigenvalue weighted by Gasteiger charge is 2.17. The molecule has 0 fully saturated rings. The number of nitrogens with zero attached hydrogens (tertiary/aromatic N) is 2. The highest BCUT2D eigenvalue weighted by atomic mass is 32.1. The zero-order valence-corrected chi connectivity index (χ0v) is 14.9. The molecule has 0 saturated carbocycles. The van der Waals surface area contributed by atoms with Crippen LogP contribution in [-0.2, 0) is 22.6 Å². The molecule has 1 aromatic heterocycles. The SMILES string of the molecule is COCc1nc(N(C)C(C)COC)sc1CNCC(C)C. The standard InChI is InChI=1S/C15H29N3O2S/c1-11(2)7-16-8-14-13(10-20-6)17-15(21-14)18(4)12(3)9-19-5/h11-12,16H,7-10H2,1-6H3. The van der Waals surface area contributed by atoms with Gasteiger partial charge in [0.25, 0.3) is 0 Å². The van der Waals surface area contributed by atoms with Crippen molar-refractivity contribution < 1.29 is 9.47 Å². The summed E-state index contributed by atoms with van der Waals surface area (Å²) in [4.78, 5) is 8.14. The number of hydrogen-bond acceptors (Lipinski definition) is 6. The summed E-state index contributed by atoms with van der Waals surface area (Å²) in [6.07, 6.45) is 0. The molecule has 0 saturated heterocycles. The van der Waals surface area contributed by atoms with E-state index < -0.39 is 0 Å². The molecule has 6 heteroatoms. The molecule has 0 spiro atoms. The maximum absolute atomic E-state index is 5.27. The van der Waals surface area contributed by atoms with Crippen LogP contribution in [0.3, 0.4) is 0 Å². The van der Waals surface area contributed by atoms with E-state index in [2.05, 4.69) is 38.0 Å². The van der Waals surface area contributed by atoms with Crippen molar-refractivity contribution >= 4 is 16.5 Å². The lowest BCUT2D eigenvalue weighted by atomic mass is 10.2. The van der Waals surface area contributed by atoms with Crippen LogP contribution in [0.2, 0.25) is 0 Å². The fourth-order valence-electron chi connectivity index (χ4n) is 1.92. The minimum absolute atomic E-state index is 0.299. The first kappa shape index (κ1) is 18.4. The van der Waals surface area contributed by atoms with E-state index in [1.165, 1.54) is 4.88 Å². The minimum atomic E-state index is 0.299. The van der Waals surface area contributed by atoms with E-state index in [0.717, 1.165) is 23.9 Å². The number of likely N-dealkylation sites (N-methyl/N-ethyl adjacent to an activating group) is 1. The molecule has 21 heavy (non-hydrogen) atoms. The molecule has 0 aliphatic heterocycles. The smallest absolute Gasteiger partial charge is 0.185 e. The Hall–Kier alpha value is -0.690. The molecule has 0 aromatic carbocycles. The third kappa shape index (κ3) is 5.90. The fraction of sp³-hybridized carbons (Fsp3) is 0.800. The molecular formula is C15H29N3O2S. The Kier molecular flexibility index (Phi) is 8.18. The van der Waals surface area contributed by atoms with E-state index in [1.54, 1.807) is 25.6 Å². The van der Waals surface area contributed by atoms with Crippen molar-refractivity contribution in [1.29, 1.82) is 0 Å². The van der Waals surface area contributed by atoms with Crippen LogP contribution in [0.5, 0.6) is 0 Å². The lowest BCUT2D eigenvalue weighted by molar-refractivity contribution is 0.180. The number of ether oxygens (including phenoxy) is 2. The van der Waals surface area contributed by atoms with Gasteiger partial charge in [0, 0.05) is 32.7 Å². The van der Waals surface area contributed by atoms with Gasteiger partial charge in [-0.05, 0) is 19.4 Å². The number of thiazole rings is 1. The number of nitrogens with one attached hydrogen (secondary N) is 1. The van der Waals surface area contributed by atoms with Crippen molar-refractivity contribution in [3.8, 4) is 0 Å². The average molecular weight is 315 g/mol. The number of hydrogen-bond donors (Lipinski definition) is 1. The maximum Gasteiger partial charge on any atom is 0.185 e. The van der Waals surface area contributed by atoms with E-state index in [-0.39, 0.29) is 0 Å². The first-order valence-electron chi connectivity index (χ1n) is 7.39. The topological polar surface area (TPSA) is 46.6 Å². The van der Waals surface area contributed by atoms with Gasteiger partial charge in [0.15, 0.2) is 5.13 Å². The molecule has 1 unspecified atom stereocenters. The molecule has 0 amide bonds. The molecule has 0 radical (unpaired) electrons. The summed E-state index contributed by atoms with van der Waals surface area (Å²) in [5, 5.41) is 4.50. The van der Waals surface area contributed by atoms with Gasteiger partial charge in [0.2, 0.25) is 0 Å². The van der Waals surface area contributed by atoms with E-state index in [9.17, 15) is 0 Å². The van der Waals surface area contributed by atoms with Crippen LogP contribution in [0.4, 0.5) is 5.13 Å². The molecule has 1 heterocycles. The van der Waals surface area contributed by atoms with E-state index in [4.69, 9.17) is 14.5 Å². The van der Waals surface area contributed by atoms with Crippen LogP contribution in [0.25, 0.3) is 0 Å². The Morgan fingerprint density at radius 3 is 2.52 bits per heavy atom. The van der Waals surface area contributed by atoms with Gasteiger partial charge in [-0.1, -0.05) is 13.8 Å². The van der Waals surface area contributed by atoms with Crippen LogP contribution in [0, 0.1) is 5.92 Å². The summed E-state index contributed by atoms with van der Waals surface area (Å²) < 4.78 is 10.5. The van der Waals surface area contributed by atoms with E-state index >= 15 is 0 Å². The summed E-state index contributed by atoms with van der Waals surface area (Å²) >= 11 is 1.73. The Balaban J connectivity index is 2.77. The summed E-state index contributed by atoms with van der Waals surface area (Å²) in [5.41, 5.74) is 1.03. The summed E-state index contributed by atoms with van der Waals surface area (Å²) in [7, 11) is 5.50. The first-order valence-corrected chi connectivity index (χ1v) is 8.21. The predicted octanol–water partition coefficient (Wildman–Crippen LogP) is 2.51.